The summed E-state index contributed by atoms with van der Waals surface area (Å²) < 4.78 is 1.92. The molecule has 5 nitrogen and oxygen atoms in total. The minimum Gasteiger partial charge on any atom is -0.348 e. The summed E-state index contributed by atoms with van der Waals surface area (Å²) >= 11 is 0. The summed E-state index contributed by atoms with van der Waals surface area (Å²) in [5.74, 6) is -0.0623. The Bertz CT molecular complexity index is 867. The van der Waals surface area contributed by atoms with E-state index >= 15 is 0 Å². The van der Waals surface area contributed by atoms with Gasteiger partial charge in [0.2, 0.25) is 0 Å². The van der Waals surface area contributed by atoms with Crippen LogP contribution < -0.4 is 5.32 Å². The van der Waals surface area contributed by atoms with Gasteiger partial charge in [0.25, 0.3) is 5.91 Å². The Hall–Kier alpha value is -2.92. The third-order valence-electron chi connectivity index (χ3n) is 4.19. The van der Waals surface area contributed by atoms with Crippen molar-refractivity contribution in [1.29, 1.82) is 0 Å². The highest BCUT2D eigenvalue weighted by Gasteiger charge is 2.09. The van der Waals surface area contributed by atoms with E-state index < -0.39 is 0 Å². The van der Waals surface area contributed by atoms with E-state index in [4.69, 9.17) is 0 Å². The SMILES string of the molecule is CN(C)Cc1cc(-c2ccc(CNC(=O)c3ccccc3)cc2)nn1C. The molecule has 1 heterocycles. The van der Waals surface area contributed by atoms with Crippen molar-refractivity contribution in [2.24, 2.45) is 7.05 Å². The predicted molar refractivity (Wildman–Crippen MR) is 104 cm³/mol. The third kappa shape index (κ3) is 4.37. The van der Waals surface area contributed by atoms with Crippen LogP contribution in [0.5, 0.6) is 0 Å². The molecule has 0 saturated carbocycles. The predicted octanol–water partition coefficient (Wildman–Crippen LogP) is 3.08. The Kier molecular flexibility index (Phi) is 5.49. The summed E-state index contributed by atoms with van der Waals surface area (Å²) in [4.78, 5) is 14.2. The topological polar surface area (TPSA) is 50.2 Å². The maximum absolute atomic E-state index is 12.1. The number of hydrogen-bond donors (Lipinski definition) is 1. The molecule has 0 unspecified atom stereocenters. The number of carbonyl (C=O) groups is 1. The number of aromatic nitrogens is 2. The minimum absolute atomic E-state index is 0.0623. The number of benzene rings is 2. The maximum atomic E-state index is 12.1. The smallest absolute Gasteiger partial charge is 0.251 e. The van der Waals surface area contributed by atoms with Crippen molar-refractivity contribution >= 4 is 5.91 Å². The van der Waals surface area contributed by atoms with Gasteiger partial charge in [0, 0.05) is 31.3 Å². The Morgan fingerprint density at radius 3 is 2.42 bits per heavy atom. The molecule has 0 spiro atoms. The van der Waals surface area contributed by atoms with E-state index in [1.165, 1.54) is 5.69 Å². The fraction of sp³-hybridized carbons (Fsp3) is 0.238. The van der Waals surface area contributed by atoms with Crippen LogP contribution in [-0.4, -0.2) is 34.7 Å². The minimum atomic E-state index is -0.0623. The van der Waals surface area contributed by atoms with Crippen LogP contribution in [0.15, 0.2) is 60.7 Å². The molecule has 26 heavy (non-hydrogen) atoms. The monoisotopic (exact) mass is 348 g/mol. The quantitative estimate of drug-likeness (QED) is 0.745. The van der Waals surface area contributed by atoms with Gasteiger partial charge in [-0.2, -0.15) is 5.10 Å². The largest absolute Gasteiger partial charge is 0.348 e. The zero-order valence-electron chi connectivity index (χ0n) is 15.4. The number of amides is 1. The van der Waals surface area contributed by atoms with Gasteiger partial charge in [-0.25, -0.2) is 0 Å². The summed E-state index contributed by atoms with van der Waals surface area (Å²) in [7, 11) is 6.06. The maximum Gasteiger partial charge on any atom is 0.251 e. The molecule has 0 aliphatic carbocycles. The lowest BCUT2D eigenvalue weighted by Gasteiger charge is -2.08. The van der Waals surface area contributed by atoms with Gasteiger partial charge in [0.1, 0.15) is 0 Å². The first-order chi connectivity index (χ1) is 12.5. The van der Waals surface area contributed by atoms with Crippen molar-refractivity contribution in [3.05, 3.63) is 77.5 Å². The van der Waals surface area contributed by atoms with Gasteiger partial charge in [-0.05, 0) is 37.9 Å². The van der Waals surface area contributed by atoms with Crippen molar-refractivity contribution < 1.29 is 4.79 Å². The summed E-state index contributed by atoms with van der Waals surface area (Å²) in [6, 6.07) is 19.5. The normalized spacial score (nSPS) is 10.9. The van der Waals surface area contributed by atoms with Gasteiger partial charge >= 0.3 is 0 Å². The number of nitrogens with one attached hydrogen (secondary N) is 1. The molecular formula is C21H24N4O. The molecule has 3 aromatic rings. The van der Waals surface area contributed by atoms with Gasteiger partial charge in [0.15, 0.2) is 0 Å². The zero-order chi connectivity index (χ0) is 18.5. The average molecular weight is 348 g/mol. The molecule has 2 aromatic carbocycles. The molecule has 0 aliphatic heterocycles. The highest BCUT2D eigenvalue weighted by atomic mass is 16.1. The van der Waals surface area contributed by atoms with E-state index in [0.717, 1.165) is 23.4 Å². The van der Waals surface area contributed by atoms with Crippen molar-refractivity contribution in [2.45, 2.75) is 13.1 Å². The van der Waals surface area contributed by atoms with Gasteiger partial charge in [-0.1, -0.05) is 42.5 Å². The first kappa shape index (κ1) is 17.9. The van der Waals surface area contributed by atoms with Gasteiger partial charge in [-0.15, -0.1) is 0 Å². The Morgan fingerprint density at radius 2 is 1.77 bits per heavy atom. The summed E-state index contributed by atoms with van der Waals surface area (Å²) in [6.45, 7) is 1.36. The van der Waals surface area contributed by atoms with Crippen molar-refractivity contribution in [3.8, 4) is 11.3 Å². The van der Waals surface area contributed by atoms with Gasteiger partial charge in [-0.3, -0.25) is 9.48 Å². The molecule has 0 saturated heterocycles. The Balaban J connectivity index is 1.64. The number of aryl methyl sites for hydroxylation is 1. The molecule has 0 bridgehead atoms. The highest BCUT2D eigenvalue weighted by molar-refractivity contribution is 5.94. The second-order valence-corrected chi connectivity index (χ2v) is 6.63. The molecular weight excluding hydrogens is 324 g/mol. The lowest BCUT2D eigenvalue weighted by Crippen LogP contribution is -2.22. The van der Waals surface area contributed by atoms with E-state index in [9.17, 15) is 4.79 Å². The molecule has 3 rings (SSSR count). The van der Waals surface area contributed by atoms with E-state index in [0.29, 0.717) is 12.1 Å². The van der Waals surface area contributed by atoms with Crippen LogP contribution in [0.25, 0.3) is 11.3 Å². The van der Waals surface area contributed by atoms with Crippen LogP contribution in [0.1, 0.15) is 21.6 Å². The van der Waals surface area contributed by atoms with Crippen LogP contribution in [0.2, 0.25) is 0 Å². The van der Waals surface area contributed by atoms with E-state index in [1.54, 1.807) is 0 Å². The van der Waals surface area contributed by atoms with Gasteiger partial charge in [0.05, 0.1) is 11.4 Å². The number of rotatable bonds is 6. The highest BCUT2D eigenvalue weighted by Crippen LogP contribution is 2.20. The molecule has 0 atom stereocenters. The summed E-state index contributed by atoms with van der Waals surface area (Å²) in [6.07, 6.45) is 0. The summed E-state index contributed by atoms with van der Waals surface area (Å²) in [5.41, 5.74) is 4.94. The first-order valence-electron chi connectivity index (χ1n) is 8.63. The average Bonchev–Trinajstić information content (AvgIpc) is 3.00. The number of hydrogen-bond acceptors (Lipinski definition) is 3. The van der Waals surface area contributed by atoms with Crippen LogP contribution in [0.3, 0.4) is 0 Å². The van der Waals surface area contributed by atoms with Crippen molar-refractivity contribution in [1.82, 2.24) is 20.0 Å². The van der Waals surface area contributed by atoms with Crippen LogP contribution in [0, 0.1) is 0 Å². The fourth-order valence-corrected chi connectivity index (χ4v) is 2.79. The van der Waals surface area contributed by atoms with Crippen molar-refractivity contribution in [2.75, 3.05) is 14.1 Å². The number of nitrogens with zero attached hydrogens (tertiary/aromatic N) is 3. The Morgan fingerprint density at radius 1 is 1.08 bits per heavy atom. The van der Waals surface area contributed by atoms with E-state index in [2.05, 4.69) is 21.4 Å². The fourth-order valence-electron chi connectivity index (χ4n) is 2.79. The van der Waals surface area contributed by atoms with Crippen LogP contribution >= 0.6 is 0 Å². The van der Waals surface area contributed by atoms with Crippen LogP contribution in [-0.2, 0) is 20.1 Å². The summed E-state index contributed by atoms with van der Waals surface area (Å²) in [5, 5.41) is 7.54. The molecule has 1 amide bonds. The molecule has 1 N–H and O–H groups in total. The second kappa shape index (κ2) is 7.97. The zero-order valence-corrected chi connectivity index (χ0v) is 15.4. The molecule has 134 valence electrons. The van der Waals surface area contributed by atoms with Gasteiger partial charge < -0.3 is 10.2 Å². The molecule has 1 aromatic heterocycles. The molecule has 5 heteroatoms. The first-order valence-corrected chi connectivity index (χ1v) is 8.63. The molecule has 0 aliphatic rings. The standard InChI is InChI=1S/C21H24N4O/c1-24(2)15-19-13-20(23-25(19)3)17-11-9-16(10-12-17)14-22-21(26)18-7-5-4-6-8-18/h4-13H,14-15H2,1-3H3,(H,22,26). The molecule has 0 fully saturated rings. The van der Waals surface area contributed by atoms with E-state index in [-0.39, 0.29) is 5.91 Å². The molecule has 0 radical (unpaired) electrons. The van der Waals surface area contributed by atoms with Crippen molar-refractivity contribution in [3.63, 3.8) is 0 Å². The lowest BCUT2D eigenvalue weighted by atomic mass is 10.1. The Labute approximate surface area is 154 Å². The third-order valence-corrected chi connectivity index (χ3v) is 4.19. The lowest BCUT2D eigenvalue weighted by molar-refractivity contribution is 0.0951. The van der Waals surface area contributed by atoms with E-state index in [1.807, 2.05) is 80.4 Å². The number of carbonyl (C=O) groups excluding carboxylic acids is 1. The second-order valence-electron chi connectivity index (χ2n) is 6.63. The van der Waals surface area contributed by atoms with Crippen LogP contribution in [0.4, 0.5) is 0 Å².